The van der Waals surface area contributed by atoms with Crippen LogP contribution in [0.1, 0.15) is 16.8 Å². The molecule has 1 N–H and O–H groups in total. The van der Waals surface area contributed by atoms with Crippen LogP contribution in [-0.2, 0) is 11.3 Å². The van der Waals surface area contributed by atoms with Crippen LogP contribution in [0.2, 0.25) is 0 Å². The van der Waals surface area contributed by atoms with Crippen LogP contribution < -0.4 is 5.56 Å². The van der Waals surface area contributed by atoms with Gasteiger partial charge in [0.1, 0.15) is 0 Å². The van der Waals surface area contributed by atoms with Crippen molar-refractivity contribution < 1.29 is 9.90 Å². The van der Waals surface area contributed by atoms with Crippen molar-refractivity contribution in [2.75, 3.05) is 0 Å². The summed E-state index contributed by atoms with van der Waals surface area (Å²) in [4.78, 5) is 26.3. The summed E-state index contributed by atoms with van der Waals surface area (Å²) in [7, 11) is 0. The lowest BCUT2D eigenvalue weighted by Gasteiger charge is -2.06. The van der Waals surface area contributed by atoms with Gasteiger partial charge in [-0.1, -0.05) is 18.2 Å². The van der Waals surface area contributed by atoms with Crippen LogP contribution in [0.4, 0.5) is 0 Å². The minimum atomic E-state index is -0.991. The van der Waals surface area contributed by atoms with Gasteiger partial charge in [-0.05, 0) is 30.2 Å². The molecule has 1 aromatic carbocycles. The number of hydrogen-bond acceptors (Lipinski definition) is 3. The number of carboxylic acids is 1. The monoisotopic (exact) mass is 270 g/mol. The van der Waals surface area contributed by atoms with E-state index in [1.165, 1.54) is 23.0 Å². The van der Waals surface area contributed by atoms with E-state index in [-0.39, 0.29) is 5.56 Å². The Labute approximate surface area is 115 Å². The van der Waals surface area contributed by atoms with E-state index in [9.17, 15) is 9.59 Å². The Balaban J connectivity index is 2.23. The van der Waals surface area contributed by atoms with Crippen molar-refractivity contribution in [2.45, 2.75) is 13.5 Å². The van der Waals surface area contributed by atoms with Crippen molar-refractivity contribution in [3.8, 4) is 0 Å². The molecule has 0 aliphatic rings. The maximum absolute atomic E-state index is 11.8. The van der Waals surface area contributed by atoms with Crippen LogP contribution >= 0.6 is 0 Å². The minimum absolute atomic E-state index is 0.107. The van der Waals surface area contributed by atoms with Gasteiger partial charge in [0.25, 0.3) is 5.56 Å². The number of aryl methyl sites for hydroxylation is 1. The molecule has 102 valence electrons. The molecule has 0 saturated carbocycles. The average molecular weight is 270 g/mol. The first-order chi connectivity index (χ1) is 9.54. The highest BCUT2D eigenvalue weighted by molar-refractivity contribution is 5.85. The number of aliphatic carboxylic acids is 1. The molecule has 0 bridgehead atoms. The molecule has 0 aliphatic carbocycles. The summed E-state index contributed by atoms with van der Waals surface area (Å²) >= 11 is 0. The molecule has 0 spiro atoms. The Morgan fingerprint density at radius 2 is 2.20 bits per heavy atom. The lowest BCUT2D eigenvalue weighted by Crippen LogP contribution is -2.20. The van der Waals surface area contributed by atoms with Crippen LogP contribution in [0.25, 0.3) is 6.08 Å². The molecule has 1 aromatic heterocycles. The fourth-order valence-corrected chi connectivity index (χ4v) is 1.79. The summed E-state index contributed by atoms with van der Waals surface area (Å²) in [5.41, 5.74) is 2.26. The Morgan fingerprint density at radius 1 is 1.40 bits per heavy atom. The van der Waals surface area contributed by atoms with Gasteiger partial charge in [-0.25, -0.2) is 9.78 Å². The van der Waals surface area contributed by atoms with Gasteiger partial charge in [-0.3, -0.25) is 9.36 Å². The van der Waals surface area contributed by atoms with E-state index in [4.69, 9.17) is 5.11 Å². The molecular formula is C15H14N2O3. The molecule has 5 heteroatoms. The molecule has 0 atom stereocenters. The summed E-state index contributed by atoms with van der Waals surface area (Å²) in [6.07, 6.45) is 4.11. The lowest BCUT2D eigenvalue weighted by molar-refractivity contribution is -0.131. The van der Waals surface area contributed by atoms with E-state index >= 15 is 0 Å². The van der Waals surface area contributed by atoms with Crippen molar-refractivity contribution in [1.82, 2.24) is 9.55 Å². The topological polar surface area (TPSA) is 72.2 Å². The number of hydrogen-bond donors (Lipinski definition) is 1. The van der Waals surface area contributed by atoms with E-state index in [0.29, 0.717) is 12.2 Å². The summed E-state index contributed by atoms with van der Waals surface area (Å²) in [5, 5.41) is 8.60. The summed E-state index contributed by atoms with van der Waals surface area (Å²) in [6, 6.07) is 8.83. The predicted octanol–water partition coefficient (Wildman–Crippen LogP) is 1.70. The highest BCUT2D eigenvalue weighted by atomic mass is 16.4. The minimum Gasteiger partial charge on any atom is -0.478 e. The Morgan fingerprint density at radius 3 is 2.90 bits per heavy atom. The lowest BCUT2D eigenvalue weighted by atomic mass is 10.1. The highest BCUT2D eigenvalue weighted by Crippen LogP contribution is 2.08. The first-order valence-electron chi connectivity index (χ1n) is 6.07. The number of carboxylic acid groups (broad SMARTS) is 1. The van der Waals surface area contributed by atoms with Gasteiger partial charge >= 0.3 is 5.97 Å². The predicted molar refractivity (Wildman–Crippen MR) is 75.4 cm³/mol. The number of aromatic nitrogens is 2. The van der Waals surface area contributed by atoms with Crippen molar-refractivity contribution in [1.29, 1.82) is 0 Å². The van der Waals surface area contributed by atoms with Gasteiger partial charge in [0.2, 0.25) is 0 Å². The molecule has 0 amide bonds. The summed E-state index contributed by atoms with van der Waals surface area (Å²) in [5.74, 6) is -0.991. The SMILES string of the molecule is Cc1cc(=O)n(Cc2cccc(C=CC(=O)O)c2)cn1. The molecule has 0 radical (unpaired) electrons. The van der Waals surface area contributed by atoms with Crippen molar-refractivity contribution in [2.24, 2.45) is 0 Å². The normalized spacial score (nSPS) is 10.8. The highest BCUT2D eigenvalue weighted by Gasteiger charge is 2.00. The third-order valence-electron chi connectivity index (χ3n) is 2.74. The Bertz CT molecular complexity index is 717. The van der Waals surface area contributed by atoms with Gasteiger partial charge in [-0.15, -0.1) is 0 Å². The van der Waals surface area contributed by atoms with Crippen molar-refractivity contribution >= 4 is 12.0 Å². The van der Waals surface area contributed by atoms with Gasteiger partial charge < -0.3 is 5.11 Å². The number of benzene rings is 1. The molecular weight excluding hydrogens is 256 g/mol. The fraction of sp³-hybridized carbons (Fsp3) is 0.133. The van der Waals surface area contributed by atoms with Gasteiger partial charge in [0, 0.05) is 17.8 Å². The van der Waals surface area contributed by atoms with Gasteiger partial charge in [0.15, 0.2) is 0 Å². The number of rotatable bonds is 4. The molecule has 0 fully saturated rings. The van der Waals surface area contributed by atoms with Crippen molar-refractivity contribution in [3.05, 3.63) is 69.9 Å². The molecule has 20 heavy (non-hydrogen) atoms. The summed E-state index contributed by atoms with van der Waals surface area (Å²) in [6.45, 7) is 2.17. The van der Waals surface area contributed by atoms with Crippen LogP contribution in [0, 0.1) is 6.92 Å². The third-order valence-corrected chi connectivity index (χ3v) is 2.74. The fourth-order valence-electron chi connectivity index (χ4n) is 1.79. The van der Waals surface area contributed by atoms with E-state index < -0.39 is 5.97 Å². The van der Waals surface area contributed by atoms with E-state index in [0.717, 1.165) is 17.2 Å². The molecule has 0 saturated heterocycles. The van der Waals surface area contributed by atoms with Crippen LogP contribution in [-0.4, -0.2) is 20.6 Å². The first-order valence-corrected chi connectivity index (χ1v) is 6.07. The Hall–Kier alpha value is -2.69. The third kappa shape index (κ3) is 3.65. The number of carbonyl (C=O) groups is 1. The van der Waals surface area contributed by atoms with E-state index in [2.05, 4.69) is 4.98 Å². The van der Waals surface area contributed by atoms with Crippen LogP contribution in [0.5, 0.6) is 0 Å². The van der Waals surface area contributed by atoms with Crippen LogP contribution in [0.15, 0.2) is 47.5 Å². The molecule has 2 aromatic rings. The molecule has 5 nitrogen and oxygen atoms in total. The molecule has 0 unspecified atom stereocenters. The van der Waals surface area contributed by atoms with E-state index in [1.807, 2.05) is 18.2 Å². The van der Waals surface area contributed by atoms with Gasteiger partial charge in [0.05, 0.1) is 12.9 Å². The van der Waals surface area contributed by atoms with Gasteiger partial charge in [-0.2, -0.15) is 0 Å². The number of nitrogens with zero attached hydrogens (tertiary/aromatic N) is 2. The zero-order valence-corrected chi connectivity index (χ0v) is 11.0. The molecule has 1 heterocycles. The largest absolute Gasteiger partial charge is 0.478 e. The second-order valence-electron chi connectivity index (χ2n) is 4.41. The zero-order chi connectivity index (χ0) is 14.5. The smallest absolute Gasteiger partial charge is 0.328 e. The van der Waals surface area contributed by atoms with Crippen molar-refractivity contribution in [3.63, 3.8) is 0 Å². The zero-order valence-electron chi connectivity index (χ0n) is 11.0. The second-order valence-corrected chi connectivity index (χ2v) is 4.41. The quantitative estimate of drug-likeness (QED) is 0.858. The second kappa shape index (κ2) is 5.97. The first kappa shape index (κ1) is 13.7. The molecule has 0 aliphatic heterocycles. The maximum atomic E-state index is 11.8. The average Bonchev–Trinajstić information content (AvgIpc) is 2.40. The summed E-state index contributed by atoms with van der Waals surface area (Å²) < 4.78 is 1.51. The maximum Gasteiger partial charge on any atom is 0.328 e. The Kier molecular flexibility index (Phi) is 4.10. The van der Waals surface area contributed by atoms with E-state index in [1.54, 1.807) is 13.0 Å². The van der Waals surface area contributed by atoms with Crippen LogP contribution in [0.3, 0.4) is 0 Å². The standard InChI is InChI=1S/C15H14N2O3/c1-11-7-14(18)17(10-16-11)9-13-4-2-3-12(8-13)5-6-15(19)20/h2-8,10H,9H2,1H3,(H,19,20). The molecule has 2 rings (SSSR count).